The fourth-order valence-electron chi connectivity index (χ4n) is 4.12. The van der Waals surface area contributed by atoms with Crippen LogP contribution in [0.3, 0.4) is 0 Å². The number of non-ortho nitro benzene ring substituents is 1. The number of aromatic nitrogens is 1. The van der Waals surface area contributed by atoms with E-state index in [1.807, 2.05) is 0 Å². The van der Waals surface area contributed by atoms with Crippen LogP contribution in [0.5, 0.6) is 0 Å². The van der Waals surface area contributed by atoms with E-state index < -0.39 is 16.9 Å². The van der Waals surface area contributed by atoms with E-state index in [-0.39, 0.29) is 16.8 Å². The van der Waals surface area contributed by atoms with E-state index in [2.05, 4.69) is 4.99 Å². The molecule has 2 aromatic heterocycles. The number of nitro groups is 1. The zero-order valence-electron chi connectivity index (χ0n) is 19.5. The summed E-state index contributed by atoms with van der Waals surface area (Å²) >= 11 is 7.24. The largest absolute Gasteiger partial charge is 0.466 e. The number of nitro benzene ring substituents is 1. The molecule has 0 radical (unpaired) electrons. The molecule has 0 amide bonds. The number of nitrogens with zero attached hydrogens (tertiary/aromatic N) is 3. The Balaban J connectivity index is 1.60. The van der Waals surface area contributed by atoms with E-state index in [0.29, 0.717) is 42.7 Å². The molecule has 0 spiro atoms. The number of ether oxygens (including phenoxy) is 1. The molecular weight excluding hydrogens is 518 g/mol. The lowest BCUT2D eigenvalue weighted by molar-refractivity contribution is -0.384. The van der Waals surface area contributed by atoms with Gasteiger partial charge in [-0.05, 0) is 48.9 Å². The number of rotatable bonds is 5. The van der Waals surface area contributed by atoms with Crippen LogP contribution in [-0.4, -0.2) is 22.6 Å². The fourth-order valence-corrected chi connectivity index (χ4v) is 5.27. The molecule has 0 saturated heterocycles. The first-order valence-electron chi connectivity index (χ1n) is 11.0. The van der Waals surface area contributed by atoms with Crippen molar-refractivity contribution in [2.45, 2.75) is 13.0 Å². The van der Waals surface area contributed by atoms with Crippen molar-refractivity contribution < 1.29 is 18.9 Å². The minimum Gasteiger partial charge on any atom is -0.466 e. The molecule has 186 valence electrons. The number of carbonyl (C=O) groups is 1. The van der Waals surface area contributed by atoms with Crippen LogP contribution in [0.4, 0.5) is 5.69 Å². The highest BCUT2D eigenvalue weighted by molar-refractivity contribution is 7.07. The Labute approximate surface area is 218 Å². The maximum atomic E-state index is 13.6. The van der Waals surface area contributed by atoms with Crippen molar-refractivity contribution >= 4 is 40.7 Å². The molecule has 5 rings (SSSR count). The minimum absolute atomic E-state index is 0.0199. The number of allylic oxidation sites excluding steroid dienone is 1. The van der Waals surface area contributed by atoms with Crippen molar-refractivity contribution in [1.82, 2.24) is 4.57 Å². The summed E-state index contributed by atoms with van der Waals surface area (Å²) in [4.78, 5) is 41.7. The average molecular weight is 536 g/mol. The maximum absolute atomic E-state index is 13.6. The highest BCUT2D eigenvalue weighted by Crippen LogP contribution is 2.31. The molecule has 0 N–H and O–H groups in total. The topological polar surface area (TPSA) is 117 Å². The smallest absolute Gasteiger partial charge is 0.338 e. The number of furan rings is 1. The maximum Gasteiger partial charge on any atom is 0.338 e. The van der Waals surface area contributed by atoms with Crippen molar-refractivity contribution in [2.75, 3.05) is 7.11 Å². The monoisotopic (exact) mass is 535 g/mol. The molecule has 1 unspecified atom stereocenters. The van der Waals surface area contributed by atoms with Gasteiger partial charge in [0.2, 0.25) is 0 Å². The van der Waals surface area contributed by atoms with Gasteiger partial charge < -0.3 is 9.15 Å². The Morgan fingerprint density at radius 2 is 1.86 bits per heavy atom. The molecule has 0 aliphatic carbocycles. The number of methoxy groups -OCH3 is 1. The van der Waals surface area contributed by atoms with E-state index >= 15 is 0 Å². The zero-order chi connectivity index (χ0) is 26.3. The van der Waals surface area contributed by atoms with Gasteiger partial charge in [-0.25, -0.2) is 9.79 Å². The van der Waals surface area contributed by atoms with Crippen molar-refractivity contribution in [1.29, 1.82) is 0 Å². The Morgan fingerprint density at radius 1 is 1.16 bits per heavy atom. The van der Waals surface area contributed by atoms with Gasteiger partial charge >= 0.3 is 5.97 Å². The summed E-state index contributed by atoms with van der Waals surface area (Å²) in [6.07, 6.45) is 1.61. The van der Waals surface area contributed by atoms with Gasteiger partial charge in [0.05, 0.1) is 33.9 Å². The highest BCUT2D eigenvalue weighted by atomic mass is 35.5. The Kier molecular flexibility index (Phi) is 6.36. The van der Waals surface area contributed by atoms with Crippen LogP contribution < -0.4 is 14.9 Å². The van der Waals surface area contributed by atoms with E-state index in [0.717, 1.165) is 0 Å². The van der Waals surface area contributed by atoms with Crippen LogP contribution in [0.1, 0.15) is 24.3 Å². The number of fused-ring (bicyclic) bond motifs is 1. The van der Waals surface area contributed by atoms with Gasteiger partial charge in [-0.2, -0.15) is 0 Å². The van der Waals surface area contributed by atoms with Crippen LogP contribution in [0.2, 0.25) is 5.02 Å². The minimum atomic E-state index is -0.740. The predicted octanol–water partition coefficient (Wildman–Crippen LogP) is 4.23. The molecule has 2 aromatic carbocycles. The third-order valence-corrected chi connectivity index (χ3v) is 7.11. The number of carbonyl (C=O) groups excluding carboxylic acids is 1. The van der Waals surface area contributed by atoms with Gasteiger partial charge in [0, 0.05) is 28.8 Å². The molecule has 1 aliphatic heterocycles. The molecule has 3 heterocycles. The van der Waals surface area contributed by atoms with Crippen LogP contribution >= 0.6 is 22.9 Å². The van der Waals surface area contributed by atoms with Gasteiger partial charge in [0.25, 0.3) is 11.2 Å². The second-order valence-corrected chi connectivity index (χ2v) is 9.58. The Morgan fingerprint density at radius 3 is 2.51 bits per heavy atom. The number of esters is 1. The number of halogens is 1. The average Bonchev–Trinajstić information content (AvgIpc) is 3.48. The summed E-state index contributed by atoms with van der Waals surface area (Å²) in [5, 5.41) is 11.4. The summed E-state index contributed by atoms with van der Waals surface area (Å²) in [5.74, 6) is 0.344. The number of hydrogen-bond donors (Lipinski definition) is 0. The van der Waals surface area contributed by atoms with Gasteiger partial charge in [0.1, 0.15) is 11.5 Å². The highest BCUT2D eigenvalue weighted by Gasteiger charge is 2.33. The molecular formula is C26H18ClN3O6S. The van der Waals surface area contributed by atoms with Crippen LogP contribution in [0, 0.1) is 10.1 Å². The summed E-state index contributed by atoms with van der Waals surface area (Å²) in [6.45, 7) is 1.70. The lowest BCUT2D eigenvalue weighted by Gasteiger charge is -2.24. The molecule has 0 fully saturated rings. The first-order valence-corrected chi connectivity index (χ1v) is 12.2. The number of benzene rings is 2. The van der Waals surface area contributed by atoms with Crippen molar-refractivity contribution in [2.24, 2.45) is 4.99 Å². The van der Waals surface area contributed by atoms with Gasteiger partial charge in [-0.1, -0.05) is 35.1 Å². The first kappa shape index (κ1) is 24.4. The van der Waals surface area contributed by atoms with E-state index in [9.17, 15) is 19.7 Å². The van der Waals surface area contributed by atoms with Crippen LogP contribution in [-0.2, 0) is 9.53 Å². The fraction of sp³-hybridized carbons (Fsp3) is 0.115. The summed E-state index contributed by atoms with van der Waals surface area (Å²) < 4.78 is 12.7. The predicted molar refractivity (Wildman–Crippen MR) is 138 cm³/mol. The Hall–Kier alpha value is -4.28. The molecule has 1 aliphatic rings. The first-order chi connectivity index (χ1) is 17.8. The van der Waals surface area contributed by atoms with E-state index in [1.54, 1.807) is 61.5 Å². The molecule has 37 heavy (non-hydrogen) atoms. The number of hydrogen-bond acceptors (Lipinski definition) is 8. The van der Waals surface area contributed by atoms with E-state index in [1.165, 1.54) is 35.1 Å². The SMILES string of the molecule is COC(=O)C1=C(C)N=c2sc(=Cc3ccc(-c4ccc([N+](=O)[O-])cc4)o3)c(=O)n2C1c1ccc(Cl)cc1. The summed E-state index contributed by atoms with van der Waals surface area (Å²) in [6, 6.07) is 15.6. The second kappa shape index (κ2) is 9.64. The molecule has 9 nitrogen and oxygen atoms in total. The summed E-state index contributed by atoms with van der Waals surface area (Å²) in [5.41, 5.74) is 1.71. The quantitative estimate of drug-likeness (QED) is 0.214. The van der Waals surface area contributed by atoms with E-state index in [4.69, 9.17) is 20.8 Å². The normalized spacial score (nSPS) is 15.3. The lowest BCUT2D eigenvalue weighted by Crippen LogP contribution is -2.39. The lowest BCUT2D eigenvalue weighted by atomic mass is 9.96. The second-order valence-electron chi connectivity index (χ2n) is 8.13. The third kappa shape index (κ3) is 4.52. The standard InChI is InChI=1S/C26H18ClN3O6S/c1-14-22(25(32)35-2)23(16-3-7-17(27)8-4-16)29-24(31)21(37-26(29)28-14)13-19-11-12-20(36-19)15-5-9-18(10-6-15)30(33)34/h3-13,23H,1-2H3. The van der Waals surface area contributed by atoms with Crippen molar-refractivity contribution in [3.05, 3.63) is 118 Å². The van der Waals surface area contributed by atoms with Gasteiger partial charge in [-0.15, -0.1) is 0 Å². The van der Waals surface area contributed by atoms with Gasteiger partial charge in [0.15, 0.2) is 4.80 Å². The van der Waals surface area contributed by atoms with Crippen molar-refractivity contribution in [3.63, 3.8) is 0 Å². The molecule has 0 saturated carbocycles. The van der Waals surface area contributed by atoms with Gasteiger partial charge in [-0.3, -0.25) is 19.5 Å². The summed E-state index contributed by atoms with van der Waals surface area (Å²) in [7, 11) is 1.28. The number of thiazole rings is 1. The molecule has 4 aromatic rings. The molecule has 0 bridgehead atoms. The van der Waals surface area contributed by atoms with Crippen LogP contribution in [0.25, 0.3) is 17.4 Å². The Bertz CT molecular complexity index is 1750. The molecule has 1 atom stereocenters. The van der Waals surface area contributed by atoms with Crippen molar-refractivity contribution in [3.8, 4) is 11.3 Å². The zero-order valence-corrected chi connectivity index (χ0v) is 21.1. The molecule has 11 heteroatoms. The van der Waals surface area contributed by atoms with Crippen LogP contribution in [0.15, 0.2) is 86.1 Å². The third-order valence-electron chi connectivity index (χ3n) is 5.88.